The van der Waals surface area contributed by atoms with E-state index >= 15 is 0 Å². The van der Waals surface area contributed by atoms with Crippen molar-refractivity contribution in [2.75, 3.05) is 32.2 Å². The molecule has 8 nitrogen and oxygen atoms in total. The van der Waals surface area contributed by atoms with Crippen LogP contribution in [-0.2, 0) is 7.05 Å². The van der Waals surface area contributed by atoms with Crippen LogP contribution in [0.4, 0.5) is 5.82 Å². The average molecular weight is 434 g/mol. The van der Waals surface area contributed by atoms with Gasteiger partial charge in [-0.25, -0.2) is 14.8 Å². The van der Waals surface area contributed by atoms with E-state index in [-0.39, 0.29) is 11.7 Å². The maximum absolute atomic E-state index is 13.0. The lowest BCUT2D eigenvalue weighted by molar-refractivity contribution is 0.355. The number of benzene rings is 2. The van der Waals surface area contributed by atoms with Crippen molar-refractivity contribution in [1.82, 2.24) is 19.1 Å². The first-order valence-electron chi connectivity index (χ1n) is 10.8. The van der Waals surface area contributed by atoms with Gasteiger partial charge in [0, 0.05) is 37.6 Å². The number of rotatable bonds is 4. The van der Waals surface area contributed by atoms with Crippen molar-refractivity contribution in [2.45, 2.75) is 25.8 Å². The molecule has 32 heavy (non-hydrogen) atoms. The van der Waals surface area contributed by atoms with E-state index in [1.165, 1.54) is 0 Å². The third-order valence-corrected chi connectivity index (χ3v) is 6.49. The molecule has 0 unspecified atom stereocenters. The van der Waals surface area contributed by atoms with Gasteiger partial charge < -0.3 is 14.4 Å². The molecule has 1 fully saturated rings. The van der Waals surface area contributed by atoms with Crippen molar-refractivity contribution < 1.29 is 9.47 Å². The Morgan fingerprint density at radius 1 is 0.969 bits per heavy atom. The third kappa shape index (κ3) is 3.18. The summed E-state index contributed by atoms with van der Waals surface area (Å²) in [7, 11) is 5.09. The predicted octanol–water partition coefficient (Wildman–Crippen LogP) is 3.45. The minimum atomic E-state index is 0.0494. The molecule has 166 valence electrons. The van der Waals surface area contributed by atoms with E-state index in [1.807, 2.05) is 29.8 Å². The molecule has 2 aromatic carbocycles. The lowest BCUT2D eigenvalue weighted by atomic mass is 10.0. The quantitative estimate of drug-likeness (QED) is 0.491. The van der Waals surface area contributed by atoms with E-state index in [0.717, 1.165) is 59.2 Å². The summed E-state index contributed by atoms with van der Waals surface area (Å²) in [4.78, 5) is 24.3. The van der Waals surface area contributed by atoms with Crippen molar-refractivity contribution in [3.8, 4) is 11.5 Å². The van der Waals surface area contributed by atoms with Gasteiger partial charge in [0.2, 0.25) is 0 Å². The van der Waals surface area contributed by atoms with E-state index in [4.69, 9.17) is 9.47 Å². The number of aryl methyl sites for hydroxylation is 2. The minimum absolute atomic E-state index is 0.0494. The summed E-state index contributed by atoms with van der Waals surface area (Å²) in [5, 5.41) is 0.932. The maximum Gasteiger partial charge on any atom is 0.329 e. The predicted molar refractivity (Wildman–Crippen MR) is 125 cm³/mol. The van der Waals surface area contributed by atoms with Gasteiger partial charge in [0.15, 0.2) is 11.5 Å². The SMILES string of the molecule is COc1cc2ncnc(N3CCC(n4c(=O)n(C)c5ccc(C)cc54)CC3)c2cc1OC. The number of aromatic nitrogens is 4. The first-order valence-corrected chi connectivity index (χ1v) is 10.8. The molecule has 0 atom stereocenters. The zero-order valence-electron chi connectivity index (χ0n) is 18.8. The van der Waals surface area contributed by atoms with Gasteiger partial charge >= 0.3 is 5.69 Å². The lowest BCUT2D eigenvalue weighted by Gasteiger charge is -2.33. The standard InChI is InChI=1S/C24H27N5O3/c1-15-5-6-19-20(11-15)29(24(30)27(19)2)16-7-9-28(10-8-16)23-17-12-21(31-3)22(32-4)13-18(17)25-14-26-23/h5-6,11-14,16H,7-10H2,1-4H3. The Labute approximate surface area is 186 Å². The van der Waals surface area contributed by atoms with Crippen molar-refractivity contribution in [2.24, 2.45) is 7.05 Å². The summed E-state index contributed by atoms with van der Waals surface area (Å²) < 4.78 is 14.6. The maximum atomic E-state index is 13.0. The van der Waals surface area contributed by atoms with E-state index in [1.54, 1.807) is 25.1 Å². The van der Waals surface area contributed by atoms with Crippen molar-refractivity contribution in [3.63, 3.8) is 0 Å². The molecular weight excluding hydrogens is 406 g/mol. The second-order valence-corrected chi connectivity index (χ2v) is 8.34. The van der Waals surface area contributed by atoms with Crippen molar-refractivity contribution in [1.29, 1.82) is 0 Å². The zero-order valence-corrected chi connectivity index (χ0v) is 18.8. The smallest absolute Gasteiger partial charge is 0.329 e. The van der Waals surface area contributed by atoms with Crippen LogP contribution in [0, 0.1) is 6.92 Å². The summed E-state index contributed by atoms with van der Waals surface area (Å²) in [5.74, 6) is 2.19. The van der Waals surface area contributed by atoms with Crippen LogP contribution in [-0.4, -0.2) is 46.4 Å². The molecule has 0 saturated carbocycles. The molecule has 0 aliphatic carbocycles. The molecule has 0 N–H and O–H groups in total. The Bertz CT molecular complexity index is 1370. The molecule has 3 heterocycles. The van der Waals surface area contributed by atoms with E-state index in [9.17, 15) is 4.79 Å². The number of ether oxygens (including phenoxy) is 2. The molecule has 0 radical (unpaired) electrons. The van der Waals surface area contributed by atoms with Crippen LogP contribution in [0.25, 0.3) is 21.9 Å². The van der Waals surface area contributed by atoms with E-state index in [0.29, 0.717) is 11.5 Å². The first-order chi connectivity index (χ1) is 15.5. The number of fused-ring (bicyclic) bond motifs is 2. The largest absolute Gasteiger partial charge is 0.493 e. The van der Waals surface area contributed by atoms with Crippen molar-refractivity contribution >= 4 is 27.8 Å². The average Bonchev–Trinajstić information content (AvgIpc) is 3.06. The van der Waals surface area contributed by atoms with Gasteiger partial charge in [0.1, 0.15) is 12.1 Å². The van der Waals surface area contributed by atoms with Gasteiger partial charge in [-0.2, -0.15) is 0 Å². The summed E-state index contributed by atoms with van der Waals surface area (Å²) >= 11 is 0. The van der Waals surface area contributed by atoms with Gasteiger partial charge in [-0.3, -0.25) is 9.13 Å². The fourth-order valence-electron chi connectivity index (χ4n) is 4.79. The molecule has 0 bridgehead atoms. The molecule has 1 saturated heterocycles. The van der Waals surface area contributed by atoms with Gasteiger partial charge in [0.05, 0.1) is 30.8 Å². The zero-order chi connectivity index (χ0) is 22.4. The highest BCUT2D eigenvalue weighted by Crippen LogP contribution is 2.36. The highest BCUT2D eigenvalue weighted by molar-refractivity contribution is 5.92. The number of anilines is 1. The van der Waals surface area contributed by atoms with Gasteiger partial charge in [0.25, 0.3) is 0 Å². The highest BCUT2D eigenvalue weighted by atomic mass is 16.5. The minimum Gasteiger partial charge on any atom is -0.493 e. The molecule has 2 aromatic heterocycles. The Kier molecular flexibility index (Phi) is 5.00. The number of hydrogen-bond acceptors (Lipinski definition) is 6. The second kappa shape index (κ2) is 7.85. The number of imidazole rings is 1. The topological polar surface area (TPSA) is 74.4 Å². The molecule has 0 spiro atoms. The Morgan fingerprint density at radius 3 is 2.41 bits per heavy atom. The van der Waals surface area contributed by atoms with Crippen LogP contribution < -0.4 is 20.1 Å². The van der Waals surface area contributed by atoms with Crippen molar-refractivity contribution in [3.05, 3.63) is 52.7 Å². The number of methoxy groups -OCH3 is 2. The van der Waals surface area contributed by atoms with Crippen LogP contribution in [0.3, 0.4) is 0 Å². The molecule has 1 aliphatic heterocycles. The van der Waals surface area contributed by atoms with Crippen LogP contribution in [0.5, 0.6) is 11.5 Å². The van der Waals surface area contributed by atoms with E-state index < -0.39 is 0 Å². The Morgan fingerprint density at radius 2 is 1.69 bits per heavy atom. The van der Waals surface area contributed by atoms with Crippen LogP contribution in [0.15, 0.2) is 41.5 Å². The summed E-state index contributed by atoms with van der Waals surface area (Å²) in [6.45, 7) is 3.67. The number of piperidine rings is 1. The molecular formula is C24H27N5O3. The normalized spacial score (nSPS) is 14.9. The van der Waals surface area contributed by atoms with E-state index in [2.05, 4.69) is 33.9 Å². The third-order valence-electron chi connectivity index (χ3n) is 6.49. The van der Waals surface area contributed by atoms with Crippen LogP contribution >= 0.6 is 0 Å². The molecule has 8 heteroatoms. The summed E-state index contributed by atoms with van der Waals surface area (Å²) in [6, 6.07) is 10.2. The van der Waals surface area contributed by atoms with Gasteiger partial charge in [-0.1, -0.05) is 6.07 Å². The first kappa shape index (κ1) is 20.4. The molecule has 0 amide bonds. The fourth-order valence-corrected chi connectivity index (χ4v) is 4.79. The second-order valence-electron chi connectivity index (χ2n) is 8.34. The molecule has 4 aromatic rings. The lowest BCUT2D eigenvalue weighted by Crippen LogP contribution is -2.38. The number of nitrogens with zero attached hydrogens (tertiary/aromatic N) is 5. The molecule has 5 rings (SSSR count). The van der Waals surface area contributed by atoms with Crippen LogP contribution in [0.1, 0.15) is 24.4 Å². The summed E-state index contributed by atoms with van der Waals surface area (Å²) in [5.41, 5.74) is 4.01. The Hall–Kier alpha value is -3.55. The van der Waals surface area contributed by atoms with Crippen LogP contribution in [0.2, 0.25) is 0 Å². The molecule has 1 aliphatic rings. The number of hydrogen-bond donors (Lipinski definition) is 0. The summed E-state index contributed by atoms with van der Waals surface area (Å²) in [6.07, 6.45) is 3.32. The van der Waals surface area contributed by atoms with Gasteiger partial charge in [-0.15, -0.1) is 0 Å². The highest BCUT2D eigenvalue weighted by Gasteiger charge is 2.26. The Balaban J connectivity index is 1.47. The fraction of sp³-hybridized carbons (Fsp3) is 0.375. The monoisotopic (exact) mass is 433 g/mol. The van der Waals surface area contributed by atoms with Gasteiger partial charge in [-0.05, 0) is 43.5 Å².